The Morgan fingerprint density at radius 2 is 1.78 bits per heavy atom. The number of nitrogens with one attached hydrogen (secondary N) is 1. The van der Waals surface area contributed by atoms with Crippen LogP contribution < -0.4 is 15.0 Å². The summed E-state index contributed by atoms with van der Waals surface area (Å²) in [6, 6.07) is 17.4. The third kappa shape index (κ3) is 6.97. The van der Waals surface area contributed by atoms with Gasteiger partial charge in [0.15, 0.2) is 5.60 Å². The van der Waals surface area contributed by atoms with Crippen LogP contribution in [0.4, 0.5) is 10.1 Å². The SMILES string of the molecule is COC(=O)C(C)(C)Oc1ccc(Cl)cc1[C@@H]1CCN[C@@H](c2cc(F)ccc2C)[C@@]12CN(COCC[Si](C)(C)C)c1cc(Cl)ccc12. The van der Waals surface area contributed by atoms with Crippen molar-refractivity contribution in [2.24, 2.45) is 0 Å². The van der Waals surface area contributed by atoms with Crippen molar-refractivity contribution in [1.29, 1.82) is 0 Å². The Morgan fingerprint density at radius 1 is 1.07 bits per heavy atom. The monoisotopic (exact) mass is 686 g/mol. The zero-order valence-corrected chi connectivity index (χ0v) is 30.3. The minimum absolute atomic E-state index is 0.143. The lowest BCUT2D eigenvalue weighted by Crippen LogP contribution is -2.54. The molecule has 0 bridgehead atoms. The molecule has 2 aliphatic rings. The summed E-state index contributed by atoms with van der Waals surface area (Å²) in [5, 5.41) is 4.99. The van der Waals surface area contributed by atoms with E-state index in [-0.39, 0.29) is 17.8 Å². The van der Waals surface area contributed by atoms with Crippen LogP contribution in [0.5, 0.6) is 5.75 Å². The number of anilines is 1. The first-order valence-corrected chi connectivity index (χ1v) is 20.3. The number of methoxy groups -OCH3 is 1. The molecule has 0 unspecified atom stereocenters. The summed E-state index contributed by atoms with van der Waals surface area (Å²) in [4.78, 5) is 15.0. The molecule has 0 saturated carbocycles. The Morgan fingerprint density at radius 3 is 2.50 bits per heavy atom. The van der Waals surface area contributed by atoms with Gasteiger partial charge in [-0.1, -0.05) is 55.0 Å². The van der Waals surface area contributed by atoms with E-state index in [9.17, 15) is 9.18 Å². The quantitative estimate of drug-likeness (QED) is 0.131. The molecule has 0 amide bonds. The fourth-order valence-electron chi connectivity index (χ4n) is 7.06. The van der Waals surface area contributed by atoms with Crippen LogP contribution in [0, 0.1) is 12.7 Å². The van der Waals surface area contributed by atoms with Gasteiger partial charge in [-0.05, 0) is 104 Å². The molecule has 0 aliphatic carbocycles. The maximum Gasteiger partial charge on any atom is 0.349 e. The highest BCUT2D eigenvalue weighted by molar-refractivity contribution is 6.76. The minimum atomic E-state index is -1.29. The smallest absolute Gasteiger partial charge is 0.349 e. The second-order valence-corrected chi connectivity index (χ2v) is 20.8. The number of hydrogen-bond donors (Lipinski definition) is 1. The Kier molecular flexibility index (Phi) is 10.2. The molecule has 3 atom stereocenters. The highest BCUT2D eigenvalue weighted by Crippen LogP contribution is 2.60. The first-order valence-electron chi connectivity index (χ1n) is 15.9. The van der Waals surface area contributed by atoms with E-state index in [1.165, 1.54) is 13.2 Å². The lowest BCUT2D eigenvalue weighted by molar-refractivity contribution is -0.156. The van der Waals surface area contributed by atoms with Crippen LogP contribution in [-0.2, 0) is 19.7 Å². The van der Waals surface area contributed by atoms with Crippen LogP contribution in [0.15, 0.2) is 54.6 Å². The van der Waals surface area contributed by atoms with Crippen molar-refractivity contribution in [2.75, 3.05) is 38.4 Å². The van der Waals surface area contributed by atoms with Gasteiger partial charge in [0.2, 0.25) is 0 Å². The average molecular weight is 688 g/mol. The summed E-state index contributed by atoms with van der Waals surface area (Å²) in [7, 11) is 0.0648. The highest BCUT2D eigenvalue weighted by atomic mass is 35.5. The van der Waals surface area contributed by atoms with Crippen LogP contribution in [0.1, 0.15) is 54.5 Å². The zero-order valence-electron chi connectivity index (χ0n) is 27.8. The fourth-order valence-corrected chi connectivity index (χ4v) is 8.17. The van der Waals surface area contributed by atoms with Crippen LogP contribution in [0.25, 0.3) is 0 Å². The lowest BCUT2D eigenvalue weighted by Gasteiger charge is -2.50. The molecule has 3 aromatic rings. The normalized spacial score (nSPS) is 21.4. The first kappa shape index (κ1) is 34.7. The number of ether oxygens (including phenoxy) is 3. The molecule has 2 heterocycles. The van der Waals surface area contributed by atoms with Gasteiger partial charge in [0.05, 0.1) is 7.11 Å². The molecule has 6 nitrogen and oxygen atoms in total. The number of benzene rings is 3. The van der Waals surface area contributed by atoms with Gasteiger partial charge in [0, 0.05) is 54.3 Å². The van der Waals surface area contributed by atoms with E-state index in [1.807, 2.05) is 37.3 Å². The second-order valence-electron chi connectivity index (χ2n) is 14.3. The molecule has 5 rings (SSSR count). The van der Waals surface area contributed by atoms with Gasteiger partial charge in [-0.2, -0.15) is 0 Å². The number of carbonyl (C=O) groups is 1. The van der Waals surface area contributed by atoms with Crippen LogP contribution in [0.3, 0.4) is 0 Å². The predicted molar refractivity (Wildman–Crippen MR) is 187 cm³/mol. The average Bonchev–Trinajstić information content (AvgIpc) is 3.29. The maximum atomic E-state index is 15.0. The van der Waals surface area contributed by atoms with E-state index >= 15 is 0 Å². The molecule has 248 valence electrons. The van der Waals surface area contributed by atoms with E-state index in [0.29, 0.717) is 42.2 Å². The van der Waals surface area contributed by atoms with Crippen molar-refractivity contribution in [2.45, 2.75) is 75.9 Å². The fraction of sp³-hybridized carbons (Fsp3) is 0.472. The van der Waals surface area contributed by atoms with Crippen molar-refractivity contribution in [3.63, 3.8) is 0 Å². The highest BCUT2D eigenvalue weighted by Gasteiger charge is 2.56. The number of fused-ring (bicyclic) bond motifs is 2. The molecule has 46 heavy (non-hydrogen) atoms. The molecule has 1 spiro atoms. The number of esters is 1. The van der Waals surface area contributed by atoms with Gasteiger partial charge in [-0.3, -0.25) is 0 Å². The topological polar surface area (TPSA) is 60.0 Å². The summed E-state index contributed by atoms with van der Waals surface area (Å²) in [6.07, 6.45) is 0.743. The number of nitrogens with zero attached hydrogens (tertiary/aromatic N) is 1. The van der Waals surface area contributed by atoms with Crippen molar-refractivity contribution >= 4 is 42.9 Å². The summed E-state index contributed by atoms with van der Waals surface area (Å²) in [5.41, 5.74) is 3.00. The molecule has 1 fully saturated rings. The van der Waals surface area contributed by atoms with Crippen molar-refractivity contribution in [3.8, 4) is 5.75 Å². The van der Waals surface area contributed by atoms with Crippen molar-refractivity contribution in [3.05, 3.63) is 92.7 Å². The predicted octanol–water partition coefficient (Wildman–Crippen LogP) is 8.66. The third-order valence-electron chi connectivity index (χ3n) is 9.36. The van der Waals surface area contributed by atoms with Gasteiger partial charge in [-0.25, -0.2) is 9.18 Å². The number of rotatable bonds is 10. The van der Waals surface area contributed by atoms with Gasteiger partial charge in [-0.15, -0.1) is 0 Å². The molecule has 0 aromatic heterocycles. The van der Waals surface area contributed by atoms with E-state index in [2.05, 4.69) is 35.9 Å². The molecule has 0 radical (unpaired) electrons. The summed E-state index contributed by atoms with van der Waals surface area (Å²) < 4.78 is 32.8. The number of hydrogen-bond acceptors (Lipinski definition) is 6. The second kappa shape index (κ2) is 13.5. The van der Waals surface area contributed by atoms with Crippen LogP contribution in [-0.4, -0.2) is 53.2 Å². The van der Waals surface area contributed by atoms with Crippen molar-refractivity contribution in [1.82, 2.24) is 5.32 Å². The molecule has 1 saturated heterocycles. The van der Waals surface area contributed by atoms with E-state index < -0.39 is 25.1 Å². The number of carbonyl (C=O) groups excluding carboxylic acids is 1. The van der Waals surface area contributed by atoms with E-state index in [0.717, 1.165) is 40.4 Å². The molecule has 2 aliphatic heterocycles. The number of aryl methyl sites for hydroxylation is 1. The third-order valence-corrected chi connectivity index (χ3v) is 11.5. The summed E-state index contributed by atoms with van der Waals surface area (Å²) >= 11 is 13.3. The molecule has 3 aromatic carbocycles. The van der Waals surface area contributed by atoms with Crippen LogP contribution in [0.2, 0.25) is 35.7 Å². The Bertz CT molecular complexity index is 1600. The standard InChI is InChI=1S/C36H45Cl2FN2O4Si/c1-23-8-11-26(39)20-27(23)33-36(21-41(22-44-16-17-46(5,6)7)31-19-25(38)9-12-30(31)36)29(14-15-40-33)28-18-24(37)10-13-32(28)45-35(2,3)34(42)43-4/h8-13,18-20,29,33,40H,14-17,21-22H2,1-7H3/t29-,33-,36-/m0/s1. The number of halogens is 3. The minimum Gasteiger partial charge on any atom is -0.476 e. The van der Waals surface area contributed by atoms with Crippen LogP contribution >= 0.6 is 23.2 Å². The summed E-state index contributed by atoms with van der Waals surface area (Å²) in [5.74, 6) is -0.354. The Balaban J connectivity index is 1.69. The number of piperidine rings is 1. The molecular weight excluding hydrogens is 642 g/mol. The first-order chi connectivity index (χ1) is 21.7. The van der Waals surface area contributed by atoms with Gasteiger partial charge in [0.1, 0.15) is 18.3 Å². The van der Waals surface area contributed by atoms with Gasteiger partial charge < -0.3 is 24.4 Å². The maximum absolute atomic E-state index is 15.0. The molecule has 1 N–H and O–H groups in total. The summed E-state index contributed by atoms with van der Waals surface area (Å²) in [6.45, 7) is 14.8. The molecule has 10 heteroatoms. The Hall–Kier alpha value is -2.62. The zero-order chi connectivity index (χ0) is 33.4. The van der Waals surface area contributed by atoms with E-state index in [4.69, 9.17) is 37.4 Å². The van der Waals surface area contributed by atoms with Gasteiger partial charge >= 0.3 is 5.97 Å². The van der Waals surface area contributed by atoms with Crippen molar-refractivity contribution < 1.29 is 23.4 Å². The largest absolute Gasteiger partial charge is 0.476 e. The van der Waals surface area contributed by atoms with Gasteiger partial charge in [0.25, 0.3) is 0 Å². The van der Waals surface area contributed by atoms with E-state index in [1.54, 1.807) is 26.0 Å². The molecular formula is C36H45Cl2FN2O4Si. The Labute approximate surface area is 283 Å². The lowest BCUT2D eigenvalue weighted by atomic mass is 9.59.